The maximum absolute atomic E-state index is 12.9. The summed E-state index contributed by atoms with van der Waals surface area (Å²) >= 11 is 1.35. The van der Waals surface area contributed by atoms with Crippen LogP contribution in [-0.2, 0) is 6.42 Å². The van der Waals surface area contributed by atoms with Crippen LogP contribution in [0.25, 0.3) is 0 Å². The topological polar surface area (TPSA) is 113 Å². The molecule has 0 bridgehead atoms. The Bertz CT molecular complexity index is 1110. The second-order valence-electron chi connectivity index (χ2n) is 6.50. The minimum atomic E-state index is -0.456. The van der Waals surface area contributed by atoms with E-state index in [1.807, 2.05) is 41.8 Å². The standard InChI is InChI=1S/C21H18N6O2S/c28-20(15-8-4-9-16(13-15)22-21(29)18-10-5-11-30-18)23-17(19-24-26-27-25-19)12-14-6-2-1-3-7-14/h1-11,13,17H,12H2,(H,22,29)(H,23,28)(H,24,25,26,27). The van der Waals surface area contributed by atoms with E-state index < -0.39 is 6.04 Å². The molecule has 2 heterocycles. The summed E-state index contributed by atoms with van der Waals surface area (Å²) in [5.41, 5.74) is 1.99. The normalized spacial score (nSPS) is 11.6. The van der Waals surface area contributed by atoms with Crippen molar-refractivity contribution in [3.8, 4) is 0 Å². The fourth-order valence-corrected chi connectivity index (χ4v) is 3.57. The fraction of sp³-hybridized carbons (Fsp3) is 0.0952. The molecule has 2 amide bonds. The number of hydrogen-bond acceptors (Lipinski definition) is 6. The highest BCUT2D eigenvalue weighted by Crippen LogP contribution is 2.18. The number of rotatable bonds is 7. The van der Waals surface area contributed by atoms with E-state index in [9.17, 15) is 9.59 Å². The molecular weight excluding hydrogens is 400 g/mol. The summed E-state index contributed by atoms with van der Waals surface area (Å²) in [4.78, 5) is 25.8. The van der Waals surface area contributed by atoms with E-state index in [4.69, 9.17) is 0 Å². The summed E-state index contributed by atoms with van der Waals surface area (Å²) in [6.07, 6.45) is 0.515. The molecule has 0 aliphatic carbocycles. The van der Waals surface area contributed by atoms with Crippen LogP contribution in [0.2, 0.25) is 0 Å². The molecule has 30 heavy (non-hydrogen) atoms. The first-order valence-corrected chi connectivity index (χ1v) is 10.1. The number of aromatic amines is 1. The number of H-pyrrole nitrogens is 1. The van der Waals surface area contributed by atoms with Gasteiger partial charge in [0.25, 0.3) is 11.8 Å². The van der Waals surface area contributed by atoms with Gasteiger partial charge in [0.15, 0.2) is 5.82 Å². The van der Waals surface area contributed by atoms with Crippen molar-refractivity contribution in [2.45, 2.75) is 12.5 Å². The van der Waals surface area contributed by atoms with Crippen molar-refractivity contribution in [2.75, 3.05) is 5.32 Å². The summed E-state index contributed by atoms with van der Waals surface area (Å²) in [6.45, 7) is 0. The zero-order chi connectivity index (χ0) is 20.8. The molecule has 2 aromatic carbocycles. The molecule has 0 saturated carbocycles. The highest BCUT2D eigenvalue weighted by atomic mass is 32.1. The Kier molecular flexibility index (Phi) is 5.90. The Balaban J connectivity index is 1.49. The first-order chi connectivity index (χ1) is 14.7. The molecule has 0 radical (unpaired) electrons. The molecule has 0 aliphatic rings. The van der Waals surface area contributed by atoms with E-state index in [1.165, 1.54) is 11.3 Å². The average molecular weight is 418 g/mol. The van der Waals surface area contributed by atoms with E-state index >= 15 is 0 Å². The van der Waals surface area contributed by atoms with Gasteiger partial charge in [-0.05, 0) is 35.2 Å². The summed E-state index contributed by atoms with van der Waals surface area (Å²) in [7, 11) is 0. The second-order valence-corrected chi connectivity index (χ2v) is 7.45. The molecule has 0 fully saturated rings. The first kappa shape index (κ1) is 19.5. The van der Waals surface area contributed by atoms with Crippen LogP contribution in [0.1, 0.15) is 37.5 Å². The van der Waals surface area contributed by atoms with Crippen LogP contribution in [0.5, 0.6) is 0 Å². The van der Waals surface area contributed by atoms with Crippen LogP contribution in [-0.4, -0.2) is 32.4 Å². The van der Waals surface area contributed by atoms with Gasteiger partial charge in [0.2, 0.25) is 0 Å². The predicted octanol–water partition coefficient (Wildman–Crippen LogP) is 3.23. The minimum absolute atomic E-state index is 0.212. The van der Waals surface area contributed by atoms with Crippen molar-refractivity contribution < 1.29 is 9.59 Å². The van der Waals surface area contributed by atoms with E-state index in [0.717, 1.165) is 5.56 Å². The van der Waals surface area contributed by atoms with Gasteiger partial charge in [0, 0.05) is 17.7 Å². The van der Waals surface area contributed by atoms with Crippen molar-refractivity contribution >= 4 is 28.8 Å². The van der Waals surface area contributed by atoms with Gasteiger partial charge in [-0.2, -0.15) is 5.21 Å². The molecule has 1 atom stereocenters. The van der Waals surface area contributed by atoms with E-state index in [1.54, 1.807) is 30.3 Å². The lowest BCUT2D eigenvalue weighted by Gasteiger charge is -2.16. The smallest absolute Gasteiger partial charge is 0.265 e. The van der Waals surface area contributed by atoms with Crippen molar-refractivity contribution in [2.24, 2.45) is 0 Å². The van der Waals surface area contributed by atoms with Gasteiger partial charge in [-0.15, -0.1) is 21.5 Å². The molecular formula is C21H18N6O2S. The van der Waals surface area contributed by atoms with Crippen molar-refractivity contribution in [1.29, 1.82) is 0 Å². The third-order valence-electron chi connectivity index (χ3n) is 4.39. The van der Waals surface area contributed by atoms with Gasteiger partial charge >= 0.3 is 0 Å². The first-order valence-electron chi connectivity index (χ1n) is 9.22. The Labute approximate surface area is 176 Å². The van der Waals surface area contributed by atoms with Crippen LogP contribution < -0.4 is 10.6 Å². The molecule has 2 aromatic heterocycles. The maximum atomic E-state index is 12.9. The van der Waals surface area contributed by atoms with Crippen LogP contribution >= 0.6 is 11.3 Å². The number of benzene rings is 2. The zero-order valence-corrected chi connectivity index (χ0v) is 16.6. The highest BCUT2D eigenvalue weighted by Gasteiger charge is 2.20. The third-order valence-corrected chi connectivity index (χ3v) is 5.26. The van der Waals surface area contributed by atoms with Crippen LogP contribution in [0.3, 0.4) is 0 Å². The minimum Gasteiger partial charge on any atom is -0.342 e. The number of thiophene rings is 1. The largest absolute Gasteiger partial charge is 0.342 e. The predicted molar refractivity (Wildman–Crippen MR) is 113 cm³/mol. The molecule has 3 N–H and O–H groups in total. The lowest BCUT2D eigenvalue weighted by molar-refractivity contribution is 0.0933. The zero-order valence-electron chi connectivity index (χ0n) is 15.8. The molecule has 0 aliphatic heterocycles. The summed E-state index contributed by atoms with van der Waals surface area (Å²) < 4.78 is 0. The maximum Gasteiger partial charge on any atom is 0.265 e. The number of amides is 2. The van der Waals surface area contributed by atoms with Crippen molar-refractivity contribution in [3.63, 3.8) is 0 Å². The van der Waals surface area contributed by atoms with E-state index in [0.29, 0.717) is 28.4 Å². The van der Waals surface area contributed by atoms with Gasteiger partial charge in [-0.3, -0.25) is 9.59 Å². The Morgan fingerprint density at radius 1 is 1.00 bits per heavy atom. The molecule has 8 nitrogen and oxygen atoms in total. The molecule has 1 unspecified atom stereocenters. The number of nitrogens with zero attached hydrogens (tertiary/aromatic N) is 3. The Hall–Kier alpha value is -3.85. The average Bonchev–Trinajstić information content (AvgIpc) is 3.48. The monoisotopic (exact) mass is 418 g/mol. The van der Waals surface area contributed by atoms with Crippen LogP contribution in [0, 0.1) is 0 Å². The number of aromatic nitrogens is 4. The molecule has 0 spiro atoms. The van der Waals surface area contributed by atoms with Crippen molar-refractivity contribution in [1.82, 2.24) is 25.9 Å². The molecule has 4 aromatic rings. The molecule has 9 heteroatoms. The van der Waals surface area contributed by atoms with Gasteiger partial charge in [-0.1, -0.05) is 47.7 Å². The summed E-state index contributed by atoms with van der Waals surface area (Å²) in [5.74, 6) is -0.112. The van der Waals surface area contributed by atoms with Gasteiger partial charge in [0.1, 0.15) is 0 Å². The SMILES string of the molecule is O=C(NC(Cc1ccccc1)c1nn[nH]n1)c1cccc(NC(=O)c2cccs2)c1. The molecule has 4 rings (SSSR count). The lowest BCUT2D eigenvalue weighted by atomic mass is 10.0. The lowest BCUT2D eigenvalue weighted by Crippen LogP contribution is -2.31. The quantitative estimate of drug-likeness (QED) is 0.427. The number of hydrogen-bond donors (Lipinski definition) is 3. The summed E-state index contributed by atoms with van der Waals surface area (Å²) in [6, 6.07) is 19.6. The van der Waals surface area contributed by atoms with Crippen LogP contribution in [0.4, 0.5) is 5.69 Å². The number of anilines is 1. The Morgan fingerprint density at radius 2 is 1.87 bits per heavy atom. The van der Waals surface area contributed by atoms with Crippen LogP contribution in [0.15, 0.2) is 72.1 Å². The number of nitrogens with one attached hydrogen (secondary N) is 3. The number of carbonyl (C=O) groups is 2. The molecule has 0 saturated heterocycles. The van der Waals surface area contributed by atoms with Gasteiger partial charge in [0.05, 0.1) is 10.9 Å². The van der Waals surface area contributed by atoms with Crippen molar-refractivity contribution in [3.05, 3.63) is 93.9 Å². The third kappa shape index (κ3) is 4.76. The number of carbonyl (C=O) groups excluding carboxylic acids is 2. The fourth-order valence-electron chi connectivity index (χ4n) is 2.95. The van der Waals surface area contributed by atoms with E-state index in [2.05, 4.69) is 31.3 Å². The summed E-state index contributed by atoms with van der Waals surface area (Å²) in [5, 5.41) is 21.7. The van der Waals surface area contributed by atoms with Gasteiger partial charge in [-0.25, -0.2) is 0 Å². The van der Waals surface area contributed by atoms with E-state index in [-0.39, 0.29) is 11.8 Å². The Morgan fingerprint density at radius 3 is 2.60 bits per heavy atom. The number of tetrazole rings is 1. The second kappa shape index (κ2) is 9.10. The molecule has 150 valence electrons. The highest BCUT2D eigenvalue weighted by molar-refractivity contribution is 7.12. The van der Waals surface area contributed by atoms with Gasteiger partial charge < -0.3 is 10.6 Å².